The summed E-state index contributed by atoms with van der Waals surface area (Å²) in [5.41, 5.74) is 0.856. The first kappa shape index (κ1) is 24.3. The van der Waals surface area contributed by atoms with Crippen LogP contribution in [0.1, 0.15) is 5.82 Å². The zero-order valence-electron chi connectivity index (χ0n) is 17.6. The van der Waals surface area contributed by atoms with E-state index in [1.54, 1.807) is 14.2 Å². The molecule has 0 saturated carbocycles. The van der Waals surface area contributed by atoms with Gasteiger partial charge in [-0.25, -0.2) is 0 Å². The SMILES string of the molecule is CN=C(NCCc1nnc2ccccn12)N1CCN(CC(=O)NCCOC)CC1.I. The number of aromatic nitrogens is 3. The Kier molecular flexibility index (Phi) is 10.2. The van der Waals surface area contributed by atoms with Crippen molar-refractivity contribution < 1.29 is 9.53 Å². The van der Waals surface area contributed by atoms with Crippen LogP contribution in [0.5, 0.6) is 0 Å². The molecule has 10 nitrogen and oxygen atoms in total. The number of aliphatic imine (C=N–C) groups is 1. The van der Waals surface area contributed by atoms with E-state index in [0.717, 1.165) is 56.6 Å². The van der Waals surface area contributed by atoms with E-state index in [0.29, 0.717) is 19.7 Å². The number of guanidine groups is 1. The number of carbonyl (C=O) groups is 1. The van der Waals surface area contributed by atoms with Gasteiger partial charge in [0, 0.05) is 66.0 Å². The lowest BCUT2D eigenvalue weighted by Gasteiger charge is -2.36. The van der Waals surface area contributed by atoms with Gasteiger partial charge in [-0.2, -0.15) is 0 Å². The molecule has 0 unspecified atom stereocenters. The van der Waals surface area contributed by atoms with E-state index in [9.17, 15) is 4.79 Å². The molecule has 0 aromatic carbocycles. The molecule has 1 aliphatic rings. The monoisotopic (exact) mass is 530 g/mol. The largest absolute Gasteiger partial charge is 0.383 e. The average molecular weight is 530 g/mol. The van der Waals surface area contributed by atoms with E-state index in [4.69, 9.17) is 4.74 Å². The van der Waals surface area contributed by atoms with Crippen LogP contribution >= 0.6 is 24.0 Å². The van der Waals surface area contributed by atoms with Crippen molar-refractivity contribution in [3.63, 3.8) is 0 Å². The van der Waals surface area contributed by atoms with E-state index in [2.05, 4.69) is 35.6 Å². The molecule has 11 heteroatoms. The van der Waals surface area contributed by atoms with Crippen molar-refractivity contribution in [2.24, 2.45) is 4.99 Å². The summed E-state index contributed by atoms with van der Waals surface area (Å²) in [7, 11) is 3.42. The number of amides is 1. The second-order valence-electron chi connectivity index (χ2n) is 6.88. The number of hydrogen-bond acceptors (Lipinski definition) is 6. The van der Waals surface area contributed by atoms with Crippen molar-refractivity contribution in [1.29, 1.82) is 0 Å². The summed E-state index contributed by atoms with van der Waals surface area (Å²) in [6, 6.07) is 5.88. The summed E-state index contributed by atoms with van der Waals surface area (Å²) in [5, 5.41) is 14.7. The number of nitrogens with zero attached hydrogens (tertiary/aromatic N) is 6. The topological polar surface area (TPSA) is 99.4 Å². The maximum absolute atomic E-state index is 11.9. The van der Waals surface area contributed by atoms with Crippen molar-refractivity contribution in [1.82, 2.24) is 35.0 Å². The first-order valence-electron chi connectivity index (χ1n) is 9.93. The molecule has 2 aromatic rings. The minimum absolute atomic E-state index is 0. The predicted octanol–water partition coefficient (Wildman–Crippen LogP) is -0.155. The second kappa shape index (κ2) is 12.6. The molecule has 1 saturated heterocycles. The number of fused-ring (bicyclic) bond motifs is 1. The lowest BCUT2D eigenvalue weighted by molar-refractivity contribution is -0.122. The molecule has 1 amide bonds. The molecule has 0 spiro atoms. The number of pyridine rings is 1. The molecule has 1 aliphatic heterocycles. The molecule has 30 heavy (non-hydrogen) atoms. The van der Waals surface area contributed by atoms with Gasteiger partial charge in [-0.15, -0.1) is 34.2 Å². The third-order valence-corrected chi connectivity index (χ3v) is 4.90. The van der Waals surface area contributed by atoms with Crippen LogP contribution < -0.4 is 10.6 Å². The fourth-order valence-corrected chi connectivity index (χ4v) is 3.35. The third-order valence-electron chi connectivity index (χ3n) is 4.90. The average Bonchev–Trinajstić information content (AvgIpc) is 3.15. The third kappa shape index (κ3) is 6.77. The summed E-state index contributed by atoms with van der Waals surface area (Å²) < 4.78 is 6.95. The molecule has 1 fully saturated rings. The van der Waals surface area contributed by atoms with Crippen LogP contribution in [-0.2, 0) is 16.0 Å². The van der Waals surface area contributed by atoms with Gasteiger partial charge in [-0.1, -0.05) is 6.07 Å². The molecule has 0 aliphatic carbocycles. The van der Waals surface area contributed by atoms with Crippen LogP contribution in [0.3, 0.4) is 0 Å². The van der Waals surface area contributed by atoms with Gasteiger partial charge in [0.15, 0.2) is 11.6 Å². The van der Waals surface area contributed by atoms with E-state index < -0.39 is 0 Å². The highest BCUT2D eigenvalue weighted by Gasteiger charge is 2.21. The van der Waals surface area contributed by atoms with E-state index in [1.807, 2.05) is 28.8 Å². The van der Waals surface area contributed by atoms with Crippen LogP contribution in [0.2, 0.25) is 0 Å². The number of halogens is 1. The summed E-state index contributed by atoms with van der Waals surface area (Å²) in [4.78, 5) is 20.7. The fourth-order valence-electron chi connectivity index (χ4n) is 3.35. The normalized spacial score (nSPS) is 15.1. The molecule has 0 radical (unpaired) electrons. The van der Waals surface area contributed by atoms with Crippen molar-refractivity contribution in [3.8, 4) is 0 Å². The Morgan fingerprint density at radius 3 is 2.70 bits per heavy atom. The number of piperazine rings is 1. The van der Waals surface area contributed by atoms with Gasteiger partial charge in [-0.3, -0.25) is 19.1 Å². The molecule has 3 rings (SSSR count). The molecule has 166 valence electrons. The lowest BCUT2D eigenvalue weighted by Crippen LogP contribution is -2.54. The smallest absolute Gasteiger partial charge is 0.234 e. The highest BCUT2D eigenvalue weighted by atomic mass is 127. The summed E-state index contributed by atoms with van der Waals surface area (Å²) in [6.45, 7) is 5.55. The number of methoxy groups -OCH3 is 1. The Morgan fingerprint density at radius 1 is 1.17 bits per heavy atom. The maximum atomic E-state index is 11.9. The minimum atomic E-state index is 0. The Bertz CT molecular complexity index is 820. The van der Waals surface area contributed by atoms with Crippen molar-refractivity contribution in [2.75, 3.05) is 66.6 Å². The minimum Gasteiger partial charge on any atom is -0.383 e. The molecule has 3 heterocycles. The number of hydrogen-bond donors (Lipinski definition) is 2. The second-order valence-corrected chi connectivity index (χ2v) is 6.88. The highest BCUT2D eigenvalue weighted by molar-refractivity contribution is 14.0. The first-order chi connectivity index (χ1) is 14.2. The Labute approximate surface area is 194 Å². The van der Waals surface area contributed by atoms with E-state index >= 15 is 0 Å². The van der Waals surface area contributed by atoms with E-state index in [1.165, 1.54) is 0 Å². The zero-order valence-corrected chi connectivity index (χ0v) is 19.9. The van der Waals surface area contributed by atoms with Gasteiger partial charge in [-0.05, 0) is 12.1 Å². The molecule has 2 N–H and O–H groups in total. The van der Waals surface area contributed by atoms with Crippen LogP contribution in [0.25, 0.3) is 5.65 Å². The van der Waals surface area contributed by atoms with Gasteiger partial charge in [0.2, 0.25) is 5.91 Å². The first-order valence-corrected chi connectivity index (χ1v) is 9.93. The molecular weight excluding hydrogens is 499 g/mol. The van der Waals surface area contributed by atoms with Gasteiger partial charge in [0.25, 0.3) is 0 Å². The zero-order chi connectivity index (χ0) is 20.5. The Balaban J connectivity index is 0.00000320. The number of nitrogens with one attached hydrogen (secondary N) is 2. The molecule has 2 aromatic heterocycles. The Morgan fingerprint density at radius 2 is 1.97 bits per heavy atom. The molecule has 0 atom stereocenters. The van der Waals surface area contributed by atoms with Gasteiger partial charge in [0.1, 0.15) is 5.82 Å². The number of ether oxygens (including phenoxy) is 1. The lowest BCUT2D eigenvalue weighted by atomic mass is 10.3. The van der Waals surface area contributed by atoms with E-state index in [-0.39, 0.29) is 29.9 Å². The summed E-state index contributed by atoms with van der Waals surface area (Å²) >= 11 is 0. The van der Waals surface area contributed by atoms with Gasteiger partial charge >= 0.3 is 0 Å². The van der Waals surface area contributed by atoms with Crippen LogP contribution in [0.4, 0.5) is 0 Å². The summed E-state index contributed by atoms with van der Waals surface area (Å²) in [5.74, 6) is 1.84. The quantitative estimate of drug-likeness (QED) is 0.212. The number of rotatable bonds is 8. The van der Waals surface area contributed by atoms with Crippen LogP contribution in [0.15, 0.2) is 29.4 Å². The van der Waals surface area contributed by atoms with Crippen LogP contribution in [0, 0.1) is 0 Å². The van der Waals surface area contributed by atoms with Crippen molar-refractivity contribution >= 4 is 41.5 Å². The summed E-state index contributed by atoms with van der Waals surface area (Å²) in [6.07, 6.45) is 2.73. The van der Waals surface area contributed by atoms with Gasteiger partial charge in [0.05, 0.1) is 13.2 Å². The standard InChI is InChI=1S/C19H30N8O2.HI/c1-20-19(22-7-6-17-24-23-16-5-3-4-9-27(16)17)26-12-10-25(11-13-26)15-18(28)21-8-14-29-2;/h3-5,9H,6-8,10-15H2,1-2H3,(H,20,22)(H,21,28);1H. The Hall–Kier alpha value is -1.99. The van der Waals surface area contributed by atoms with Gasteiger partial charge < -0.3 is 20.3 Å². The van der Waals surface area contributed by atoms with Crippen molar-refractivity contribution in [3.05, 3.63) is 30.2 Å². The fraction of sp³-hybridized carbons (Fsp3) is 0.579. The molecular formula is C19H31IN8O2. The molecule has 0 bridgehead atoms. The van der Waals surface area contributed by atoms with Crippen molar-refractivity contribution in [2.45, 2.75) is 6.42 Å². The maximum Gasteiger partial charge on any atom is 0.234 e. The highest BCUT2D eigenvalue weighted by Crippen LogP contribution is 2.04. The number of carbonyl (C=O) groups excluding carboxylic acids is 1. The predicted molar refractivity (Wildman–Crippen MR) is 126 cm³/mol. The van der Waals surface area contributed by atoms with Crippen LogP contribution in [-0.4, -0.2) is 103 Å².